The van der Waals surface area contributed by atoms with E-state index < -0.39 is 23.8 Å². The van der Waals surface area contributed by atoms with Gasteiger partial charge in [-0.15, -0.1) is 0 Å². The van der Waals surface area contributed by atoms with Crippen molar-refractivity contribution < 1.29 is 18.3 Å². The SMILES string of the molecule is [N-]=[N+]=NC[C@H]1CN(c2cc(F)c(N3C4CCC3CSC4)c(F)c2)C(=O)O1. The third kappa shape index (κ3) is 2.93. The lowest BCUT2D eigenvalue weighted by molar-refractivity contribution is 0.145. The summed E-state index contributed by atoms with van der Waals surface area (Å²) in [5.74, 6) is 0.401. The molecule has 7 nitrogen and oxygen atoms in total. The maximum absolute atomic E-state index is 14.8. The summed E-state index contributed by atoms with van der Waals surface area (Å²) in [5, 5.41) is 3.37. The Labute approximate surface area is 152 Å². The molecule has 3 atom stereocenters. The van der Waals surface area contributed by atoms with Gasteiger partial charge in [-0.25, -0.2) is 13.6 Å². The Morgan fingerprint density at radius 2 is 1.92 bits per heavy atom. The summed E-state index contributed by atoms with van der Waals surface area (Å²) in [6.45, 7) is 0.0677. The number of amides is 1. The Kier molecular flexibility index (Phi) is 4.54. The molecule has 3 aliphatic rings. The molecule has 3 aliphatic heterocycles. The predicted octanol–water partition coefficient (Wildman–Crippen LogP) is 3.68. The van der Waals surface area contributed by atoms with Gasteiger partial charge in [0.05, 0.1) is 18.8 Å². The monoisotopic (exact) mass is 381 g/mol. The van der Waals surface area contributed by atoms with Crippen molar-refractivity contribution in [1.29, 1.82) is 0 Å². The molecule has 2 unspecified atom stereocenters. The van der Waals surface area contributed by atoms with Gasteiger partial charge in [-0.05, 0) is 18.4 Å². The number of nitrogens with zero attached hydrogens (tertiary/aromatic N) is 5. The minimum atomic E-state index is -0.705. The fourth-order valence-electron chi connectivity index (χ4n) is 3.90. The van der Waals surface area contributed by atoms with Crippen LogP contribution in [-0.2, 0) is 4.74 Å². The van der Waals surface area contributed by atoms with Gasteiger partial charge in [0.25, 0.3) is 0 Å². The van der Waals surface area contributed by atoms with Crippen LogP contribution < -0.4 is 9.80 Å². The first-order valence-corrected chi connectivity index (χ1v) is 9.58. The van der Waals surface area contributed by atoms with Gasteiger partial charge in [0.2, 0.25) is 0 Å². The summed E-state index contributed by atoms with van der Waals surface area (Å²) in [5.41, 5.74) is 8.46. The number of thioether (sulfide) groups is 1. The number of hydrogen-bond donors (Lipinski definition) is 0. The second-order valence-corrected chi connectivity index (χ2v) is 7.69. The van der Waals surface area contributed by atoms with Crippen molar-refractivity contribution in [2.75, 3.05) is 34.4 Å². The highest BCUT2D eigenvalue weighted by Gasteiger charge is 2.40. The molecular weight excluding hydrogens is 364 g/mol. The zero-order valence-corrected chi connectivity index (χ0v) is 14.7. The topological polar surface area (TPSA) is 81.5 Å². The van der Waals surface area contributed by atoms with Crippen LogP contribution in [-0.4, -0.2) is 48.9 Å². The van der Waals surface area contributed by atoms with Crippen LogP contribution in [0.3, 0.4) is 0 Å². The minimum Gasteiger partial charge on any atom is -0.444 e. The molecule has 26 heavy (non-hydrogen) atoms. The number of azide groups is 1. The number of carbonyl (C=O) groups excluding carboxylic acids is 1. The van der Waals surface area contributed by atoms with Crippen LogP contribution in [0.4, 0.5) is 25.0 Å². The van der Waals surface area contributed by atoms with E-state index in [9.17, 15) is 13.6 Å². The highest BCUT2D eigenvalue weighted by atomic mass is 32.2. The van der Waals surface area contributed by atoms with Crippen LogP contribution in [0.15, 0.2) is 17.2 Å². The molecule has 2 bridgehead atoms. The molecule has 3 fully saturated rings. The average molecular weight is 381 g/mol. The van der Waals surface area contributed by atoms with Crippen molar-refractivity contribution in [1.82, 2.24) is 0 Å². The highest BCUT2D eigenvalue weighted by Crippen LogP contribution is 2.41. The summed E-state index contributed by atoms with van der Waals surface area (Å²) in [6, 6.07) is 2.66. The molecule has 0 spiro atoms. The van der Waals surface area contributed by atoms with Crippen LogP contribution in [0.1, 0.15) is 12.8 Å². The first kappa shape index (κ1) is 17.2. The number of carbonyl (C=O) groups is 1. The van der Waals surface area contributed by atoms with E-state index in [1.165, 1.54) is 12.1 Å². The number of benzene rings is 1. The summed E-state index contributed by atoms with van der Waals surface area (Å²) >= 11 is 1.82. The van der Waals surface area contributed by atoms with Gasteiger partial charge in [0.1, 0.15) is 11.8 Å². The third-order valence-electron chi connectivity index (χ3n) is 5.03. The fraction of sp³-hybridized carbons (Fsp3) is 0.562. The van der Waals surface area contributed by atoms with Crippen molar-refractivity contribution >= 4 is 29.2 Å². The van der Waals surface area contributed by atoms with E-state index in [0.29, 0.717) is 0 Å². The first-order chi connectivity index (χ1) is 12.6. The van der Waals surface area contributed by atoms with E-state index in [4.69, 9.17) is 10.3 Å². The average Bonchev–Trinajstić information content (AvgIpc) is 3.08. The summed E-state index contributed by atoms with van der Waals surface area (Å²) in [6.07, 6.45) is 0.554. The molecule has 0 radical (unpaired) electrons. The molecule has 1 amide bonds. The van der Waals surface area contributed by atoms with Crippen molar-refractivity contribution in [2.24, 2.45) is 5.11 Å². The standard InChI is InChI=1S/C16H17F2N5O2S/c17-13-3-11(22-6-12(5-20-21-19)25-16(22)24)4-14(18)15(13)23-9-1-2-10(23)8-26-7-9/h3-4,9-10,12H,1-2,5-8H2/t9?,10?,12-/m0/s1. The van der Waals surface area contributed by atoms with Crippen LogP contribution in [0.2, 0.25) is 0 Å². The zero-order valence-electron chi connectivity index (χ0n) is 13.8. The zero-order chi connectivity index (χ0) is 18.3. The van der Waals surface area contributed by atoms with Crippen LogP contribution in [0.25, 0.3) is 10.4 Å². The lowest BCUT2D eigenvalue weighted by atomic mass is 10.2. The number of rotatable bonds is 4. The van der Waals surface area contributed by atoms with Gasteiger partial charge in [-0.2, -0.15) is 11.8 Å². The van der Waals surface area contributed by atoms with Gasteiger partial charge < -0.3 is 9.64 Å². The van der Waals surface area contributed by atoms with Crippen molar-refractivity contribution in [3.05, 3.63) is 34.2 Å². The largest absolute Gasteiger partial charge is 0.444 e. The molecule has 3 heterocycles. The van der Waals surface area contributed by atoms with E-state index >= 15 is 0 Å². The molecule has 0 N–H and O–H groups in total. The van der Waals surface area contributed by atoms with E-state index in [0.717, 1.165) is 29.2 Å². The van der Waals surface area contributed by atoms with Crippen molar-refractivity contribution in [2.45, 2.75) is 31.0 Å². The molecule has 0 aromatic heterocycles. The molecule has 1 aromatic carbocycles. The number of halogens is 2. The molecule has 0 saturated carbocycles. The number of hydrogen-bond acceptors (Lipinski definition) is 5. The minimum absolute atomic E-state index is 0.000236. The summed E-state index contributed by atoms with van der Waals surface area (Å²) < 4.78 is 34.7. The third-order valence-corrected chi connectivity index (χ3v) is 6.28. The highest BCUT2D eigenvalue weighted by molar-refractivity contribution is 7.99. The van der Waals surface area contributed by atoms with Crippen LogP contribution >= 0.6 is 11.8 Å². The summed E-state index contributed by atoms with van der Waals surface area (Å²) in [4.78, 5) is 17.6. The van der Waals surface area contributed by atoms with E-state index in [2.05, 4.69) is 10.0 Å². The Bertz CT molecular complexity index is 749. The normalized spacial score (nSPS) is 27.5. The number of anilines is 2. The Balaban J connectivity index is 1.60. The van der Waals surface area contributed by atoms with E-state index in [1.54, 1.807) is 0 Å². The van der Waals surface area contributed by atoms with Crippen LogP contribution in [0, 0.1) is 11.6 Å². The van der Waals surface area contributed by atoms with Gasteiger partial charge in [0.15, 0.2) is 11.6 Å². The molecule has 3 saturated heterocycles. The second-order valence-electron chi connectivity index (χ2n) is 6.62. The Morgan fingerprint density at radius 1 is 1.27 bits per heavy atom. The lowest BCUT2D eigenvalue weighted by Crippen LogP contribution is -2.43. The first-order valence-electron chi connectivity index (χ1n) is 8.42. The Morgan fingerprint density at radius 3 is 2.54 bits per heavy atom. The molecule has 138 valence electrons. The maximum atomic E-state index is 14.8. The Hall–Kier alpha value is -2.19. The molecule has 10 heteroatoms. The second kappa shape index (κ2) is 6.85. The van der Waals surface area contributed by atoms with Crippen LogP contribution in [0.5, 0.6) is 0 Å². The van der Waals surface area contributed by atoms with Gasteiger partial charge in [-0.3, -0.25) is 4.90 Å². The molecule has 0 aliphatic carbocycles. The van der Waals surface area contributed by atoms with E-state index in [-0.39, 0.29) is 36.5 Å². The molecule has 4 rings (SSSR count). The summed E-state index contributed by atoms with van der Waals surface area (Å²) in [7, 11) is 0. The number of fused-ring (bicyclic) bond motifs is 2. The van der Waals surface area contributed by atoms with Crippen molar-refractivity contribution in [3.8, 4) is 0 Å². The smallest absolute Gasteiger partial charge is 0.414 e. The predicted molar refractivity (Wildman–Crippen MR) is 94.6 cm³/mol. The molecule has 1 aromatic rings. The number of cyclic esters (lactones) is 1. The van der Waals surface area contributed by atoms with Gasteiger partial charge in [0, 0.05) is 40.6 Å². The fourth-order valence-corrected chi connectivity index (χ4v) is 5.24. The van der Waals surface area contributed by atoms with E-state index in [1.807, 2.05) is 16.7 Å². The maximum Gasteiger partial charge on any atom is 0.414 e. The van der Waals surface area contributed by atoms with Gasteiger partial charge >= 0.3 is 6.09 Å². The van der Waals surface area contributed by atoms with Gasteiger partial charge in [-0.1, -0.05) is 5.11 Å². The quantitative estimate of drug-likeness (QED) is 0.453. The van der Waals surface area contributed by atoms with Crippen molar-refractivity contribution in [3.63, 3.8) is 0 Å². The lowest BCUT2D eigenvalue weighted by Gasteiger charge is -2.37. The number of ether oxygens (including phenoxy) is 1. The molecular formula is C16H17F2N5O2S.